The fraction of sp³-hybridized carbons (Fsp3) is 0.500. The summed E-state index contributed by atoms with van der Waals surface area (Å²) >= 11 is 0. The van der Waals surface area contributed by atoms with Gasteiger partial charge < -0.3 is 14.6 Å². The average Bonchev–Trinajstić information content (AvgIpc) is 2.97. The van der Waals surface area contributed by atoms with Crippen LogP contribution in [-0.4, -0.2) is 29.8 Å². The highest BCUT2D eigenvalue weighted by Crippen LogP contribution is 2.28. The molecule has 0 bridgehead atoms. The standard InChI is InChI=1S/C16H21N3O2/c1-2-20-14-6-4-3-5-13(14)16-18-15(21-19-16)11-12-7-9-17-10-8-12/h3-6,12,17H,2,7-11H2,1H3. The van der Waals surface area contributed by atoms with Gasteiger partial charge >= 0.3 is 0 Å². The Morgan fingerprint density at radius 2 is 2.10 bits per heavy atom. The van der Waals surface area contributed by atoms with Crippen LogP contribution in [0.25, 0.3) is 11.4 Å². The monoisotopic (exact) mass is 287 g/mol. The van der Waals surface area contributed by atoms with E-state index in [0.717, 1.165) is 36.7 Å². The van der Waals surface area contributed by atoms with Crippen molar-refractivity contribution in [3.8, 4) is 17.1 Å². The van der Waals surface area contributed by atoms with E-state index in [1.165, 1.54) is 12.8 Å². The molecule has 3 rings (SSSR count). The van der Waals surface area contributed by atoms with Gasteiger partial charge in [0.25, 0.3) is 0 Å². The zero-order valence-electron chi connectivity index (χ0n) is 12.3. The Morgan fingerprint density at radius 1 is 1.29 bits per heavy atom. The van der Waals surface area contributed by atoms with Gasteiger partial charge in [-0.3, -0.25) is 0 Å². The van der Waals surface area contributed by atoms with Crippen molar-refractivity contribution in [2.45, 2.75) is 26.2 Å². The normalized spacial score (nSPS) is 16.0. The lowest BCUT2D eigenvalue weighted by molar-refractivity contribution is 0.313. The molecule has 1 saturated heterocycles. The Bertz CT molecular complexity index is 576. The molecule has 0 saturated carbocycles. The SMILES string of the molecule is CCOc1ccccc1-c1noc(CC2CCNCC2)n1. The van der Waals surface area contributed by atoms with Gasteiger partial charge in [-0.15, -0.1) is 0 Å². The highest BCUT2D eigenvalue weighted by atomic mass is 16.5. The molecule has 5 nitrogen and oxygen atoms in total. The number of nitrogens with zero attached hydrogens (tertiary/aromatic N) is 2. The van der Waals surface area contributed by atoms with Crippen LogP contribution >= 0.6 is 0 Å². The first-order valence-corrected chi connectivity index (χ1v) is 7.62. The first-order valence-electron chi connectivity index (χ1n) is 7.62. The quantitative estimate of drug-likeness (QED) is 0.916. The fourth-order valence-corrected chi connectivity index (χ4v) is 2.71. The zero-order chi connectivity index (χ0) is 14.5. The maximum atomic E-state index is 5.62. The van der Waals surface area contributed by atoms with Crippen LogP contribution in [0.2, 0.25) is 0 Å². The van der Waals surface area contributed by atoms with Gasteiger partial charge in [0, 0.05) is 6.42 Å². The van der Waals surface area contributed by atoms with Crippen molar-refractivity contribution in [1.29, 1.82) is 0 Å². The Labute approximate surface area is 124 Å². The van der Waals surface area contributed by atoms with E-state index in [9.17, 15) is 0 Å². The predicted molar refractivity (Wildman–Crippen MR) is 80.2 cm³/mol. The summed E-state index contributed by atoms with van der Waals surface area (Å²) in [6.07, 6.45) is 3.21. The minimum absolute atomic E-state index is 0.614. The molecule has 1 aromatic carbocycles. The molecule has 2 aromatic rings. The van der Waals surface area contributed by atoms with Gasteiger partial charge in [0.05, 0.1) is 12.2 Å². The lowest BCUT2D eigenvalue weighted by Crippen LogP contribution is -2.28. The molecule has 5 heteroatoms. The second-order valence-electron chi connectivity index (χ2n) is 5.34. The predicted octanol–water partition coefficient (Wildman–Crippen LogP) is 2.68. The second kappa shape index (κ2) is 6.72. The molecule has 0 spiro atoms. The van der Waals surface area contributed by atoms with Crippen molar-refractivity contribution in [2.75, 3.05) is 19.7 Å². The number of para-hydroxylation sites is 1. The highest BCUT2D eigenvalue weighted by molar-refractivity contribution is 5.63. The van der Waals surface area contributed by atoms with Crippen LogP contribution < -0.4 is 10.1 Å². The summed E-state index contributed by atoms with van der Waals surface area (Å²) in [6.45, 7) is 4.75. The Kier molecular flexibility index (Phi) is 4.50. The topological polar surface area (TPSA) is 60.2 Å². The lowest BCUT2D eigenvalue weighted by Gasteiger charge is -2.20. The minimum Gasteiger partial charge on any atom is -0.493 e. The van der Waals surface area contributed by atoms with Crippen molar-refractivity contribution in [2.24, 2.45) is 5.92 Å². The van der Waals surface area contributed by atoms with E-state index in [4.69, 9.17) is 9.26 Å². The number of nitrogens with one attached hydrogen (secondary N) is 1. The van der Waals surface area contributed by atoms with E-state index in [0.29, 0.717) is 18.3 Å². The maximum Gasteiger partial charge on any atom is 0.227 e. The van der Waals surface area contributed by atoms with E-state index in [1.807, 2.05) is 31.2 Å². The van der Waals surface area contributed by atoms with Crippen LogP contribution in [0.5, 0.6) is 5.75 Å². The molecule has 0 aliphatic carbocycles. The summed E-state index contributed by atoms with van der Waals surface area (Å²) < 4.78 is 11.0. The van der Waals surface area contributed by atoms with E-state index < -0.39 is 0 Å². The van der Waals surface area contributed by atoms with Crippen molar-refractivity contribution in [1.82, 2.24) is 15.5 Å². The van der Waals surface area contributed by atoms with Gasteiger partial charge in [0.1, 0.15) is 5.75 Å². The number of ether oxygens (including phenoxy) is 1. The first kappa shape index (κ1) is 14.1. The second-order valence-corrected chi connectivity index (χ2v) is 5.34. The summed E-state index contributed by atoms with van der Waals surface area (Å²) in [5, 5.41) is 7.48. The third kappa shape index (κ3) is 3.42. The van der Waals surface area contributed by atoms with Gasteiger partial charge in [-0.25, -0.2) is 0 Å². The lowest BCUT2D eigenvalue weighted by atomic mass is 9.95. The van der Waals surface area contributed by atoms with Gasteiger partial charge in [0.2, 0.25) is 11.7 Å². The molecule has 1 N–H and O–H groups in total. The molecule has 0 radical (unpaired) electrons. The van der Waals surface area contributed by atoms with Crippen molar-refractivity contribution < 1.29 is 9.26 Å². The third-order valence-electron chi connectivity index (χ3n) is 3.82. The Balaban J connectivity index is 1.75. The molecular weight excluding hydrogens is 266 g/mol. The van der Waals surface area contributed by atoms with Gasteiger partial charge in [-0.05, 0) is 50.9 Å². The van der Waals surface area contributed by atoms with E-state index in [1.54, 1.807) is 0 Å². The number of hydrogen-bond acceptors (Lipinski definition) is 5. The Hall–Kier alpha value is -1.88. The number of benzene rings is 1. The molecule has 112 valence electrons. The van der Waals surface area contributed by atoms with Gasteiger partial charge in [-0.2, -0.15) is 4.98 Å². The summed E-state index contributed by atoms with van der Waals surface area (Å²) in [4.78, 5) is 4.54. The van der Waals surface area contributed by atoms with Gasteiger partial charge in [0.15, 0.2) is 0 Å². The van der Waals surface area contributed by atoms with E-state index in [-0.39, 0.29) is 0 Å². The van der Waals surface area contributed by atoms with Crippen LogP contribution in [0.3, 0.4) is 0 Å². The molecule has 1 aliphatic heterocycles. The molecule has 2 heterocycles. The third-order valence-corrected chi connectivity index (χ3v) is 3.82. The molecule has 0 amide bonds. The number of piperidine rings is 1. The number of hydrogen-bond donors (Lipinski definition) is 1. The smallest absolute Gasteiger partial charge is 0.227 e. The summed E-state index contributed by atoms with van der Waals surface area (Å²) in [6, 6.07) is 7.80. The molecule has 21 heavy (non-hydrogen) atoms. The molecule has 0 atom stereocenters. The zero-order valence-corrected chi connectivity index (χ0v) is 12.3. The van der Waals surface area contributed by atoms with Crippen LogP contribution in [0.15, 0.2) is 28.8 Å². The summed E-state index contributed by atoms with van der Waals surface area (Å²) in [5.41, 5.74) is 0.889. The molecule has 1 aromatic heterocycles. The van der Waals surface area contributed by atoms with Crippen molar-refractivity contribution >= 4 is 0 Å². The number of rotatable bonds is 5. The van der Waals surface area contributed by atoms with Gasteiger partial charge in [-0.1, -0.05) is 17.3 Å². The van der Waals surface area contributed by atoms with Crippen LogP contribution in [0.4, 0.5) is 0 Å². The molecular formula is C16H21N3O2. The highest BCUT2D eigenvalue weighted by Gasteiger charge is 2.18. The largest absolute Gasteiger partial charge is 0.493 e. The fourth-order valence-electron chi connectivity index (χ4n) is 2.71. The molecule has 1 aliphatic rings. The first-order chi connectivity index (χ1) is 10.4. The average molecular weight is 287 g/mol. The summed E-state index contributed by atoms with van der Waals surface area (Å²) in [5.74, 6) is 2.78. The number of aromatic nitrogens is 2. The van der Waals surface area contributed by atoms with E-state index in [2.05, 4.69) is 15.5 Å². The Morgan fingerprint density at radius 3 is 2.90 bits per heavy atom. The molecule has 0 unspecified atom stereocenters. The van der Waals surface area contributed by atoms with E-state index >= 15 is 0 Å². The van der Waals surface area contributed by atoms with Crippen molar-refractivity contribution in [3.63, 3.8) is 0 Å². The molecule has 1 fully saturated rings. The van der Waals surface area contributed by atoms with Crippen molar-refractivity contribution in [3.05, 3.63) is 30.2 Å². The van der Waals surface area contributed by atoms with Crippen LogP contribution in [0.1, 0.15) is 25.7 Å². The van der Waals surface area contributed by atoms with Crippen LogP contribution in [0, 0.1) is 5.92 Å². The maximum absolute atomic E-state index is 5.62. The van der Waals surface area contributed by atoms with Crippen LogP contribution in [-0.2, 0) is 6.42 Å². The minimum atomic E-state index is 0.614. The summed E-state index contributed by atoms with van der Waals surface area (Å²) in [7, 11) is 0.